The highest BCUT2D eigenvalue weighted by atomic mass is 35.5. The maximum Gasteiger partial charge on any atom is 0.247 e. The fraction of sp³-hybridized carbons (Fsp3) is 0.263. The Morgan fingerprint density at radius 3 is 2.48 bits per heavy atom. The number of hydrogen-bond acceptors (Lipinski definition) is 6. The van der Waals surface area contributed by atoms with Gasteiger partial charge in [-0.3, -0.25) is 4.79 Å². The van der Waals surface area contributed by atoms with E-state index in [1.807, 2.05) is 0 Å². The van der Waals surface area contributed by atoms with Crippen molar-refractivity contribution in [2.45, 2.75) is 13.2 Å². The first kappa shape index (κ1) is 18.8. The van der Waals surface area contributed by atoms with Crippen LogP contribution in [0.15, 0.2) is 47.6 Å². The standard InChI is InChI=1S/C19H19ClN2O5/c1-12(23)22-19(16-10-15(24-2)8-9-17(16)25-3)27-18(21-22)11-26-14-6-4-13(20)5-7-14/h4-10,19H,11H2,1-3H3/t19-/m0/s1. The van der Waals surface area contributed by atoms with Gasteiger partial charge in [-0.25, -0.2) is 0 Å². The summed E-state index contributed by atoms with van der Waals surface area (Å²) in [5.41, 5.74) is 0.622. The number of benzene rings is 2. The maximum atomic E-state index is 12.1. The third-order valence-corrected chi connectivity index (χ3v) is 4.14. The molecule has 2 aromatic carbocycles. The summed E-state index contributed by atoms with van der Waals surface area (Å²) in [6.45, 7) is 1.48. The topological polar surface area (TPSA) is 69.6 Å². The summed E-state index contributed by atoms with van der Waals surface area (Å²) in [6.07, 6.45) is -0.767. The Kier molecular flexibility index (Phi) is 5.71. The van der Waals surface area contributed by atoms with Crippen molar-refractivity contribution in [3.8, 4) is 17.2 Å². The summed E-state index contributed by atoms with van der Waals surface area (Å²) < 4.78 is 22.2. The number of halogens is 1. The van der Waals surface area contributed by atoms with E-state index in [4.69, 9.17) is 30.5 Å². The van der Waals surface area contributed by atoms with Crippen molar-refractivity contribution >= 4 is 23.4 Å². The maximum absolute atomic E-state index is 12.1. The van der Waals surface area contributed by atoms with Crippen LogP contribution in [0.1, 0.15) is 18.7 Å². The van der Waals surface area contributed by atoms with E-state index >= 15 is 0 Å². The summed E-state index contributed by atoms with van der Waals surface area (Å²) in [5, 5.41) is 6.10. The molecule has 1 amide bonds. The van der Waals surface area contributed by atoms with Crippen LogP contribution in [0.25, 0.3) is 0 Å². The van der Waals surface area contributed by atoms with E-state index in [0.29, 0.717) is 27.8 Å². The molecule has 1 heterocycles. The van der Waals surface area contributed by atoms with Crippen LogP contribution in [0.2, 0.25) is 5.02 Å². The molecule has 1 aliphatic heterocycles. The molecule has 7 nitrogen and oxygen atoms in total. The molecule has 0 aromatic heterocycles. The lowest BCUT2D eigenvalue weighted by Gasteiger charge is -2.21. The molecule has 0 aliphatic carbocycles. The quantitative estimate of drug-likeness (QED) is 0.753. The van der Waals surface area contributed by atoms with Crippen molar-refractivity contribution in [3.05, 3.63) is 53.1 Å². The monoisotopic (exact) mass is 390 g/mol. The molecular formula is C19H19ClN2O5. The van der Waals surface area contributed by atoms with Crippen LogP contribution in [0.4, 0.5) is 0 Å². The van der Waals surface area contributed by atoms with E-state index in [2.05, 4.69) is 5.10 Å². The first-order valence-corrected chi connectivity index (χ1v) is 8.54. The fourth-order valence-corrected chi connectivity index (χ4v) is 2.70. The van der Waals surface area contributed by atoms with Gasteiger partial charge in [-0.05, 0) is 42.5 Å². The minimum atomic E-state index is -0.767. The third-order valence-electron chi connectivity index (χ3n) is 3.89. The number of carbonyl (C=O) groups excluding carboxylic acids is 1. The van der Waals surface area contributed by atoms with E-state index in [-0.39, 0.29) is 18.4 Å². The zero-order valence-corrected chi connectivity index (χ0v) is 15.9. The van der Waals surface area contributed by atoms with Crippen LogP contribution in [0.3, 0.4) is 0 Å². The summed E-state index contributed by atoms with van der Waals surface area (Å²) in [7, 11) is 3.11. The fourth-order valence-electron chi connectivity index (χ4n) is 2.58. The Morgan fingerprint density at radius 1 is 1.15 bits per heavy atom. The number of ether oxygens (including phenoxy) is 4. The molecule has 0 bridgehead atoms. The summed E-state index contributed by atoms with van der Waals surface area (Å²) in [5.74, 6) is 1.79. The van der Waals surface area contributed by atoms with Gasteiger partial charge in [-0.15, -0.1) is 5.10 Å². The molecule has 0 spiro atoms. The van der Waals surface area contributed by atoms with Gasteiger partial charge in [0.15, 0.2) is 6.61 Å². The zero-order chi connectivity index (χ0) is 19.4. The Hall–Kier alpha value is -2.93. The molecule has 0 radical (unpaired) electrons. The summed E-state index contributed by atoms with van der Waals surface area (Å²) in [4.78, 5) is 12.1. The lowest BCUT2D eigenvalue weighted by Crippen LogP contribution is -2.25. The lowest BCUT2D eigenvalue weighted by atomic mass is 10.1. The predicted octanol–water partition coefficient (Wildman–Crippen LogP) is 3.63. The van der Waals surface area contributed by atoms with Gasteiger partial charge >= 0.3 is 0 Å². The van der Waals surface area contributed by atoms with Crippen LogP contribution in [-0.4, -0.2) is 37.6 Å². The van der Waals surface area contributed by atoms with Gasteiger partial charge in [-0.2, -0.15) is 5.01 Å². The predicted molar refractivity (Wildman–Crippen MR) is 100 cm³/mol. The molecule has 0 saturated carbocycles. The Balaban J connectivity index is 1.80. The molecule has 0 fully saturated rings. The molecule has 27 heavy (non-hydrogen) atoms. The molecule has 0 unspecified atom stereocenters. The second kappa shape index (κ2) is 8.18. The Bertz CT molecular complexity index is 854. The average molecular weight is 391 g/mol. The molecular weight excluding hydrogens is 372 g/mol. The minimum absolute atomic E-state index is 0.0637. The van der Waals surface area contributed by atoms with E-state index < -0.39 is 6.23 Å². The molecule has 0 N–H and O–H groups in total. The van der Waals surface area contributed by atoms with Crippen LogP contribution in [0.5, 0.6) is 17.2 Å². The van der Waals surface area contributed by atoms with Crippen molar-refractivity contribution in [2.24, 2.45) is 5.10 Å². The van der Waals surface area contributed by atoms with Crippen molar-refractivity contribution in [3.63, 3.8) is 0 Å². The van der Waals surface area contributed by atoms with Crippen molar-refractivity contribution in [1.82, 2.24) is 5.01 Å². The minimum Gasteiger partial charge on any atom is -0.497 e. The molecule has 1 atom stereocenters. The molecule has 0 saturated heterocycles. The molecule has 142 valence electrons. The SMILES string of the molecule is COc1ccc(OC)c([C@@H]2OC(COc3ccc(Cl)cc3)=NN2C(C)=O)c1. The summed E-state index contributed by atoms with van der Waals surface area (Å²) >= 11 is 5.86. The Morgan fingerprint density at radius 2 is 1.85 bits per heavy atom. The number of hydrazone groups is 1. The molecule has 8 heteroatoms. The van der Waals surface area contributed by atoms with Gasteiger partial charge in [0.1, 0.15) is 17.2 Å². The van der Waals surface area contributed by atoms with Crippen LogP contribution in [0, 0.1) is 0 Å². The van der Waals surface area contributed by atoms with Crippen LogP contribution >= 0.6 is 11.6 Å². The van der Waals surface area contributed by atoms with Crippen LogP contribution in [-0.2, 0) is 9.53 Å². The van der Waals surface area contributed by atoms with Crippen molar-refractivity contribution < 1.29 is 23.7 Å². The van der Waals surface area contributed by atoms with Crippen LogP contribution < -0.4 is 14.2 Å². The number of rotatable bonds is 6. The van der Waals surface area contributed by atoms with E-state index in [1.165, 1.54) is 11.9 Å². The van der Waals surface area contributed by atoms with Gasteiger partial charge in [-0.1, -0.05) is 11.6 Å². The van der Waals surface area contributed by atoms with Gasteiger partial charge in [0.25, 0.3) is 0 Å². The molecule has 3 rings (SSSR count). The van der Waals surface area contributed by atoms with Gasteiger partial charge in [0.2, 0.25) is 18.0 Å². The number of nitrogens with zero attached hydrogens (tertiary/aromatic N) is 2. The first-order valence-electron chi connectivity index (χ1n) is 8.16. The van der Waals surface area contributed by atoms with E-state index in [0.717, 1.165) is 0 Å². The smallest absolute Gasteiger partial charge is 0.247 e. The first-order chi connectivity index (χ1) is 13.0. The van der Waals surface area contributed by atoms with Gasteiger partial charge in [0, 0.05) is 11.9 Å². The molecule has 2 aromatic rings. The number of amides is 1. The molecule has 1 aliphatic rings. The number of carbonyl (C=O) groups is 1. The van der Waals surface area contributed by atoms with Gasteiger partial charge in [0.05, 0.1) is 19.8 Å². The van der Waals surface area contributed by atoms with Crippen molar-refractivity contribution in [2.75, 3.05) is 20.8 Å². The van der Waals surface area contributed by atoms with E-state index in [1.54, 1.807) is 56.7 Å². The second-order valence-electron chi connectivity index (χ2n) is 5.68. The second-order valence-corrected chi connectivity index (χ2v) is 6.11. The van der Waals surface area contributed by atoms with Crippen molar-refractivity contribution in [1.29, 1.82) is 0 Å². The Labute approximate surface area is 162 Å². The third kappa shape index (κ3) is 4.25. The zero-order valence-electron chi connectivity index (χ0n) is 15.1. The lowest BCUT2D eigenvalue weighted by molar-refractivity contribution is -0.135. The normalized spacial score (nSPS) is 15.8. The number of hydrogen-bond donors (Lipinski definition) is 0. The highest BCUT2D eigenvalue weighted by molar-refractivity contribution is 6.30. The van der Waals surface area contributed by atoms with Gasteiger partial charge < -0.3 is 18.9 Å². The highest BCUT2D eigenvalue weighted by Crippen LogP contribution is 2.36. The summed E-state index contributed by atoms with van der Waals surface area (Å²) in [6, 6.07) is 12.2. The largest absolute Gasteiger partial charge is 0.497 e. The number of methoxy groups -OCH3 is 2. The average Bonchev–Trinajstić information content (AvgIpc) is 3.11. The van der Waals surface area contributed by atoms with E-state index in [9.17, 15) is 4.79 Å². The highest BCUT2D eigenvalue weighted by Gasteiger charge is 2.35.